The minimum Gasteiger partial charge on any atom is -0.468 e. The zero-order valence-electron chi connectivity index (χ0n) is 11.5. The highest BCUT2D eigenvalue weighted by Gasteiger charge is 2.28. The molecule has 0 bridgehead atoms. The van der Waals surface area contributed by atoms with Crippen LogP contribution in [0.25, 0.3) is 0 Å². The monoisotopic (exact) mass is 263 g/mol. The Morgan fingerprint density at radius 3 is 2.89 bits per heavy atom. The van der Waals surface area contributed by atoms with E-state index in [2.05, 4.69) is 17.0 Å². The van der Waals surface area contributed by atoms with Crippen molar-refractivity contribution in [1.82, 2.24) is 4.90 Å². The Morgan fingerprint density at radius 2 is 2.21 bits per heavy atom. The highest BCUT2D eigenvalue weighted by molar-refractivity contribution is 5.75. The zero-order valence-corrected chi connectivity index (χ0v) is 11.5. The number of carbonyl (C=O) groups excluding carboxylic acids is 1. The van der Waals surface area contributed by atoms with Crippen LogP contribution in [0.3, 0.4) is 0 Å². The van der Waals surface area contributed by atoms with E-state index in [0.29, 0.717) is 6.61 Å². The highest BCUT2D eigenvalue weighted by Crippen LogP contribution is 2.14. The van der Waals surface area contributed by atoms with Crippen molar-refractivity contribution in [2.45, 2.75) is 25.5 Å². The Hall–Kier alpha value is -1.39. The van der Waals surface area contributed by atoms with Crippen LogP contribution in [0.1, 0.15) is 12.5 Å². The second-order valence-corrected chi connectivity index (χ2v) is 4.88. The summed E-state index contributed by atoms with van der Waals surface area (Å²) < 4.78 is 10.6. The maximum atomic E-state index is 11.6. The molecule has 0 radical (unpaired) electrons. The molecule has 1 aliphatic rings. The molecular formula is C15H21NO3. The maximum absolute atomic E-state index is 11.6. The number of esters is 1. The van der Waals surface area contributed by atoms with Crippen molar-refractivity contribution >= 4 is 5.97 Å². The average Bonchev–Trinajstić information content (AvgIpc) is 2.47. The number of rotatable bonds is 4. The molecule has 1 aliphatic heterocycles. The predicted octanol–water partition coefficient (Wildman–Crippen LogP) is 1.49. The number of benzene rings is 1. The van der Waals surface area contributed by atoms with Gasteiger partial charge in [0.25, 0.3) is 0 Å². The Kier molecular flexibility index (Phi) is 4.93. The maximum Gasteiger partial charge on any atom is 0.322 e. The lowest BCUT2D eigenvalue weighted by molar-refractivity contribution is -0.149. The second-order valence-electron chi connectivity index (χ2n) is 4.88. The van der Waals surface area contributed by atoms with Crippen LogP contribution >= 0.6 is 0 Å². The number of nitrogens with zero attached hydrogens (tertiary/aromatic N) is 1. The molecule has 1 aromatic rings. The van der Waals surface area contributed by atoms with E-state index in [1.54, 1.807) is 0 Å². The van der Waals surface area contributed by atoms with Gasteiger partial charge >= 0.3 is 5.97 Å². The van der Waals surface area contributed by atoms with Gasteiger partial charge in [0, 0.05) is 13.1 Å². The topological polar surface area (TPSA) is 38.8 Å². The molecule has 2 atom stereocenters. The molecule has 0 unspecified atom stereocenters. The third-order valence-corrected chi connectivity index (χ3v) is 3.57. The second kappa shape index (κ2) is 6.68. The molecule has 104 valence electrons. The fraction of sp³-hybridized carbons (Fsp3) is 0.533. The van der Waals surface area contributed by atoms with Crippen molar-refractivity contribution < 1.29 is 14.3 Å². The number of hydrogen-bond acceptors (Lipinski definition) is 4. The number of carbonyl (C=O) groups is 1. The van der Waals surface area contributed by atoms with Crippen molar-refractivity contribution in [2.24, 2.45) is 0 Å². The molecule has 0 N–H and O–H groups in total. The van der Waals surface area contributed by atoms with Crippen LogP contribution < -0.4 is 0 Å². The summed E-state index contributed by atoms with van der Waals surface area (Å²) in [5.41, 5.74) is 1.26. The normalized spacial score (nSPS) is 21.9. The van der Waals surface area contributed by atoms with Crippen LogP contribution in [0.2, 0.25) is 0 Å². The average molecular weight is 263 g/mol. The van der Waals surface area contributed by atoms with Gasteiger partial charge in [0.05, 0.1) is 19.8 Å². The Bertz CT molecular complexity index is 407. The fourth-order valence-electron chi connectivity index (χ4n) is 2.41. The number of morpholine rings is 1. The molecule has 0 amide bonds. The molecule has 0 saturated carbocycles. The molecule has 0 aromatic heterocycles. The van der Waals surface area contributed by atoms with Gasteiger partial charge in [-0.3, -0.25) is 9.69 Å². The van der Waals surface area contributed by atoms with Crippen LogP contribution in [0, 0.1) is 0 Å². The molecule has 2 rings (SSSR count). The first-order valence-corrected chi connectivity index (χ1v) is 6.68. The number of hydrogen-bond donors (Lipinski definition) is 0. The Morgan fingerprint density at radius 1 is 1.47 bits per heavy atom. The summed E-state index contributed by atoms with van der Waals surface area (Å²) in [5.74, 6) is -0.180. The third-order valence-electron chi connectivity index (χ3n) is 3.57. The SMILES string of the molecule is COC(=O)[C@H](C)N1CCO[C@H](Cc2ccccc2)C1. The van der Waals surface area contributed by atoms with Gasteiger partial charge in [0.1, 0.15) is 6.04 Å². The van der Waals surface area contributed by atoms with E-state index in [1.165, 1.54) is 12.7 Å². The van der Waals surface area contributed by atoms with Gasteiger partial charge in [-0.2, -0.15) is 0 Å². The lowest BCUT2D eigenvalue weighted by atomic mass is 10.1. The molecule has 1 heterocycles. The van der Waals surface area contributed by atoms with E-state index in [0.717, 1.165) is 19.5 Å². The molecule has 1 aromatic carbocycles. The lowest BCUT2D eigenvalue weighted by Gasteiger charge is -2.35. The summed E-state index contributed by atoms with van der Waals surface area (Å²) in [5, 5.41) is 0. The van der Waals surface area contributed by atoms with E-state index in [1.807, 2.05) is 25.1 Å². The van der Waals surface area contributed by atoms with Crippen molar-refractivity contribution in [1.29, 1.82) is 0 Å². The molecule has 4 nitrogen and oxygen atoms in total. The lowest BCUT2D eigenvalue weighted by Crippen LogP contribution is -2.50. The van der Waals surface area contributed by atoms with Gasteiger partial charge in [-0.1, -0.05) is 30.3 Å². The van der Waals surface area contributed by atoms with E-state index >= 15 is 0 Å². The first-order chi connectivity index (χ1) is 9.20. The molecular weight excluding hydrogens is 242 g/mol. The van der Waals surface area contributed by atoms with Gasteiger partial charge in [-0.25, -0.2) is 0 Å². The van der Waals surface area contributed by atoms with Gasteiger partial charge < -0.3 is 9.47 Å². The van der Waals surface area contributed by atoms with Crippen LogP contribution in [0.4, 0.5) is 0 Å². The first-order valence-electron chi connectivity index (χ1n) is 6.68. The summed E-state index contributed by atoms with van der Waals surface area (Å²) in [6.07, 6.45) is 1.02. The fourth-order valence-corrected chi connectivity index (χ4v) is 2.41. The smallest absolute Gasteiger partial charge is 0.322 e. The van der Waals surface area contributed by atoms with Gasteiger partial charge in [-0.15, -0.1) is 0 Å². The molecule has 1 saturated heterocycles. The first kappa shape index (κ1) is 14.0. The van der Waals surface area contributed by atoms with Crippen LogP contribution in [0.15, 0.2) is 30.3 Å². The van der Waals surface area contributed by atoms with Crippen LogP contribution in [-0.2, 0) is 20.7 Å². The number of ether oxygens (including phenoxy) is 2. The molecule has 0 spiro atoms. The molecule has 4 heteroatoms. The largest absolute Gasteiger partial charge is 0.468 e. The highest BCUT2D eigenvalue weighted by atomic mass is 16.5. The molecule has 19 heavy (non-hydrogen) atoms. The molecule has 0 aliphatic carbocycles. The third kappa shape index (κ3) is 3.78. The minimum absolute atomic E-state index is 0.142. The Balaban J connectivity index is 1.92. The van der Waals surface area contributed by atoms with Gasteiger partial charge in [0.2, 0.25) is 0 Å². The quantitative estimate of drug-likeness (QED) is 0.772. The molecule has 1 fully saturated rings. The Labute approximate surface area is 114 Å². The van der Waals surface area contributed by atoms with Crippen molar-refractivity contribution in [3.8, 4) is 0 Å². The van der Waals surface area contributed by atoms with E-state index in [4.69, 9.17) is 9.47 Å². The summed E-state index contributed by atoms with van der Waals surface area (Å²) in [4.78, 5) is 13.7. The zero-order chi connectivity index (χ0) is 13.7. The van der Waals surface area contributed by atoms with Crippen LogP contribution in [-0.4, -0.2) is 49.8 Å². The predicted molar refractivity (Wildman–Crippen MR) is 72.9 cm³/mol. The van der Waals surface area contributed by atoms with Crippen molar-refractivity contribution in [3.05, 3.63) is 35.9 Å². The van der Waals surface area contributed by atoms with E-state index < -0.39 is 0 Å². The summed E-state index contributed by atoms with van der Waals surface area (Å²) in [6, 6.07) is 10.1. The number of methoxy groups -OCH3 is 1. The van der Waals surface area contributed by atoms with E-state index in [-0.39, 0.29) is 18.1 Å². The van der Waals surface area contributed by atoms with Crippen LogP contribution in [0.5, 0.6) is 0 Å². The standard InChI is InChI=1S/C15H21NO3/c1-12(15(17)18-2)16-8-9-19-14(11-16)10-13-6-4-3-5-7-13/h3-7,12,14H,8-11H2,1-2H3/t12-,14+/m0/s1. The van der Waals surface area contributed by atoms with Crippen molar-refractivity contribution in [2.75, 3.05) is 26.8 Å². The van der Waals surface area contributed by atoms with Gasteiger partial charge in [0.15, 0.2) is 0 Å². The minimum atomic E-state index is -0.202. The summed E-state index contributed by atoms with van der Waals surface area (Å²) in [7, 11) is 1.43. The van der Waals surface area contributed by atoms with Crippen molar-refractivity contribution in [3.63, 3.8) is 0 Å². The summed E-state index contributed by atoms with van der Waals surface area (Å²) >= 11 is 0. The summed E-state index contributed by atoms with van der Waals surface area (Å²) in [6.45, 7) is 4.10. The van der Waals surface area contributed by atoms with Gasteiger partial charge in [-0.05, 0) is 18.9 Å². The van der Waals surface area contributed by atoms with E-state index in [9.17, 15) is 4.79 Å².